The van der Waals surface area contributed by atoms with Gasteiger partial charge in [0, 0.05) is 6.42 Å². The lowest BCUT2D eigenvalue weighted by atomic mass is 9.97. The standard InChI is InChI=1S/C17H16N6/c18-10-14-3-1-13(2-4-14)9-17(23(21)22-12-20)16-7-5-15(11-19)6-8-16/h1-8,12,17H,9,21H2,(H2,20,22). The van der Waals surface area contributed by atoms with E-state index in [1.807, 2.05) is 24.3 Å². The summed E-state index contributed by atoms with van der Waals surface area (Å²) in [5.41, 5.74) is 8.45. The number of hydrogen-bond donors (Lipinski definition) is 2. The van der Waals surface area contributed by atoms with Crippen LogP contribution in [-0.4, -0.2) is 11.5 Å². The molecule has 0 spiro atoms. The smallest absolute Gasteiger partial charge is 0.107 e. The molecule has 0 aliphatic carbocycles. The highest BCUT2D eigenvalue weighted by molar-refractivity contribution is 5.50. The summed E-state index contributed by atoms with van der Waals surface area (Å²) in [5.74, 6) is 5.97. The first-order chi connectivity index (χ1) is 11.2. The van der Waals surface area contributed by atoms with Crippen LogP contribution in [0.3, 0.4) is 0 Å². The third kappa shape index (κ3) is 4.07. The molecule has 114 valence electrons. The van der Waals surface area contributed by atoms with E-state index in [0.717, 1.165) is 17.5 Å². The lowest BCUT2D eigenvalue weighted by molar-refractivity contribution is 0.211. The van der Waals surface area contributed by atoms with Crippen molar-refractivity contribution in [2.45, 2.75) is 12.5 Å². The quantitative estimate of drug-likeness (QED) is 0.378. The third-order valence-electron chi connectivity index (χ3n) is 3.46. The second kappa shape index (κ2) is 7.60. The highest BCUT2D eigenvalue weighted by Crippen LogP contribution is 2.24. The van der Waals surface area contributed by atoms with Crippen molar-refractivity contribution in [1.82, 2.24) is 5.12 Å². The Morgan fingerprint density at radius 3 is 2.00 bits per heavy atom. The number of nitrogens with zero attached hydrogens (tertiary/aromatic N) is 4. The van der Waals surface area contributed by atoms with Gasteiger partial charge in [0.05, 0.1) is 29.3 Å². The molecule has 0 saturated heterocycles. The minimum absolute atomic E-state index is 0.240. The van der Waals surface area contributed by atoms with Crippen LogP contribution >= 0.6 is 0 Å². The highest BCUT2D eigenvalue weighted by atomic mass is 15.6. The Morgan fingerprint density at radius 2 is 1.52 bits per heavy atom. The van der Waals surface area contributed by atoms with Crippen LogP contribution < -0.4 is 11.6 Å². The van der Waals surface area contributed by atoms with Crippen LogP contribution in [-0.2, 0) is 6.42 Å². The summed E-state index contributed by atoms with van der Waals surface area (Å²) in [7, 11) is 0. The van der Waals surface area contributed by atoms with Gasteiger partial charge in [-0.2, -0.15) is 15.6 Å². The van der Waals surface area contributed by atoms with Gasteiger partial charge in [-0.3, -0.25) is 0 Å². The van der Waals surface area contributed by atoms with Crippen LogP contribution in [0.5, 0.6) is 0 Å². The van der Waals surface area contributed by atoms with Crippen molar-refractivity contribution in [2.24, 2.45) is 16.7 Å². The molecule has 0 bridgehead atoms. The topological polar surface area (TPSA) is 115 Å². The second-order valence-electron chi connectivity index (χ2n) is 4.91. The molecule has 2 aromatic carbocycles. The number of hydrogen-bond acceptors (Lipinski definition) is 5. The van der Waals surface area contributed by atoms with Gasteiger partial charge >= 0.3 is 0 Å². The van der Waals surface area contributed by atoms with Crippen LogP contribution in [0, 0.1) is 22.7 Å². The molecule has 0 radical (unpaired) electrons. The van der Waals surface area contributed by atoms with Crippen molar-refractivity contribution in [3.8, 4) is 12.1 Å². The van der Waals surface area contributed by atoms with E-state index in [9.17, 15) is 0 Å². The average Bonchev–Trinajstić information content (AvgIpc) is 2.60. The predicted molar refractivity (Wildman–Crippen MR) is 87.5 cm³/mol. The Morgan fingerprint density at radius 1 is 1.00 bits per heavy atom. The molecule has 0 aliphatic heterocycles. The van der Waals surface area contributed by atoms with E-state index in [4.69, 9.17) is 22.1 Å². The maximum atomic E-state index is 8.89. The average molecular weight is 304 g/mol. The summed E-state index contributed by atoms with van der Waals surface area (Å²) in [6.45, 7) is 0. The molecular weight excluding hydrogens is 288 g/mol. The molecule has 6 nitrogen and oxygen atoms in total. The van der Waals surface area contributed by atoms with Gasteiger partial charge in [-0.15, -0.1) is 0 Å². The first kappa shape index (κ1) is 16.0. The summed E-state index contributed by atoms with van der Waals surface area (Å²) in [6.07, 6.45) is 1.72. The van der Waals surface area contributed by atoms with E-state index in [2.05, 4.69) is 17.2 Å². The molecule has 4 N–H and O–H groups in total. The zero-order chi connectivity index (χ0) is 16.7. The van der Waals surface area contributed by atoms with E-state index in [-0.39, 0.29) is 6.04 Å². The van der Waals surface area contributed by atoms with Crippen LogP contribution in [0.25, 0.3) is 0 Å². The van der Waals surface area contributed by atoms with Gasteiger partial charge in [-0.25, -0.2) is 11.0 Å². The van der Waals surface area contributed by atoms with E-state index in [0.29, 0.717) is 17.5 Å². The fourth-order valence-electron chi connectivity index (χ4n) is 2.24. The predicted octanol–water partition coefficient (Wildman–Crippen LogP) is 1.79. The lowest BCUT2D eigenvalue weighted by Crippen LogP contribution is -2.32. The van der Waals surface area contributed by atoms with Gasteiger partial charge in [0.15, 0.2) is 0 Å². The molecular formula is C17H16N6. The van der Waals surface area contributed by atoms with Gasteiger partial charge in [0.2, 0.25) is 0 Å². The molecule has 23 heavy (non-hydrogen) atoms. The normalized spacial score (nSPS) is 11.6. The molecule has 2 rings (SSSR count). The highest BCUT2D eigenvalue weighted by Gasteiger charge is 2.17. The van der Waals surface area contributed by atoms with Crippen LogP contribution in [0.15, 0.2) is 53.6 Å². The molecule has 6 heteroatoms. The summed E-state index contributed by atoms with van der Waals surface area (Å²) in [5, 5.41) is 23.0. The fraction of sp³-hybridized carbons (Fsp3) is 0.118. The van der Waals surface area contributed by atoms with Gasteiger partial charge in [0.25, 0.3) is 0 Å². The van der Waals surface area contributed by atoms with Crippen molar-refractivity contribution >= 4 is 6.34 Å². The Balaban J connectivity index is 2.29. The molecule has 0 fully saturated rings. The van der Waals surface area contributed by atoms with E-state index in [1.165, 1.54) is 5.12 Å². The van der Waals surface area contributed by atoms with Gasteiger partial charge in [-0.05, 0) is 35.4 Å². The molecule has 2 aromatic rings. The molecule has 0 aromatic heterocycles. The van der Waals surface area contributed by atoms with Crippen LogP contribution in [0.4, 0.5) is 0 Å². The maximum Gasteiger partial charge on any atom is 0.107 e. The van der Waals surface area contributed by atoms with Crippen LogP contribution in [0.2, 0.25) is 0 Å². The number of rotatable bonds is 5. The molecule has 1 atom stereocenters. The number of hydrazone groups is 1. The zero-order valence-electron chi connectivity index (χ0n) is 12.4. The maximum absolute atomic E-state index is 8.89. The van der Waals surface area contributed by atoms with Gasteiger partial charge in [0.1, 0.15) is 6.34 Å². The number of nitrogens with two attached hydrogens (primary N) is 2. The molecule has 0 saturated carbocycles. The van der Waals surface area contributed by atoms with E-state index >= 15 is 0 Å². The van der Waals surface area contributed by atoms with Gasteiger partial charge < -0.3 is 5.73 Å². The van der Waals surface area contributed by atoms with E-state index in [1.54, 1.807) is 24.3 Å². The Kier molecular flexibility index (Phi) is 5.30. The first-order valence-corrected chi connectivity index (χ1v) is 6.95. The van der Waals surface area contributed by atoms with Gasteiger partial charge in [-0.1, -0.05) is 24.3 Å². The molecule has 0 heterocycles. The SMILES string of the molecule is N#Cc1ccc(CC(c2ccc(C#N)cc2)N(N)/N=C\N)cc1. The Labute approximate surface area is 134 Å². The summed E-state index contributed by atoms with van der Waals surface area (Å²) >= 11 is 0. The van der Waals surface area contributed by atoms with Crippen LogP contribution in [0.1, 0.15) is 28.3 Å². The summed E-state index contributed by atoms with van der Waals surface area (Å²) < 4.78 is 0. The second-order valence-corrected chi connectivity index (χ2v) is 4.91. The fourth-order valence-corrected chi connectivity index (χ4v) is 2.24. The third-order valence-corrected chi connectivity index (χ3v) is 3.46. The number of nitriles is 2. The monoisotopic (exact) mass is 304 g/mol. The number of benzene rings is 2. The van der Waals surface area contributed by atoms with Crippen molar-refractivity contribution in [2.75, 3.05) is 0 Å². The van der Waals surface area contributed by atoms with Crippen molar-refractivity contribution in [1.29, 1.82) is 10.5 Å². The lowest BCUT2D eigenvalue weighted by Gasteiger charge is -2.25. The molecule has 0 aliphatic rings. The Bertz CT molecular complexity index is 750. The van der Waals surface area contributed by atoms with Crippen molar-refractivity contribution in [3.63, 3.8) is 0 Å². The molecule has 1 unspecified atom stereocenters. The zero-order valence-corrected chi connectivity index (χ0v) is 12.4. The minimum atomic E-state index is -0.240. The van der Waals surface area contributed by atoms with Crippen molar-refractivity contribution < 1.29 is 0 Å². The summed E-state index contributed by atoms with van der Waals surface area (Å²) in [4.78, 5) is 0. The largest absolute Gasteiger partial charge is 0.388 e. The van der Waals surface area contributed by atoms with E-state index < -0.39 is 0 Å². The Hall–Kier alpha value is -3.35. The molecule has 0 amide bonds. The number of hydrazine groups is 1. The van der Waals surface area contributed by atoms with Crippen molar-refractivity contribution in [3.05, 3.63) is 70.8 Å². The summed E-state index contributed by atoms with van der Waals surface area (Å²) in [6, 6.07) is 18.4. The first-order valence-electron chi connectivity index (χ1n) is 6.95. The minimum Gasteiger partial charge on any atom is -0.388 e.